The Kier molecular flexibility index (Phi) is 6.84. The number of hydrogen-bond donors (Lipinski definition) is 1. The number of carbonyl (C=O) groups excluding carboxylic acids is 1. The van der Waals surface area contributed by atoms with Gasteiger partial charge in [0.1, 0.15) is 11.0 Å². The molecule has 1 amide bonds. The highest BCUT2D eigenvalue weighted by molar-refractivity contribution is 6.32. The summed E-state index contributed by atoms with van der Waals surface area (Å²) in [5, 5.41) is 8.70. The number of amides is 1. The van der Waals surface area contributed by atoms with E-state index in [2.05, 4.69) is 34.4 Å². The third-order valence-corrected chi connectivity index (χ3v) is 5.10. The fraction of sp³-hybridized carbons (Fsp3) is 0.227. The minimum atomic E-state index is -0.339. The molecule has 2 aromatic carbocycles. The molecule has 0 aliphatic carbocycles. The molecule has 3 aromatic rings. The van der Waals surface area contributed by atoms with E-state index < -0.39 is 0 Å². The van der Waals surface area contributed by atoms with Gasteiger partial charge in [0.15, 0.2) is 0 Å². The number of halogens is 2. The van der Waals surface area contributed by atoms with Crippen molar-refractivity contribution in [2.24, 2.45) is 5.10 Å². The lowest BCUT2D eigenvalue weighted by atomic mass is 10.2. The molecule has 6 nitrogen and oxygen atoms in total. The summed E-state index contributed by atoms with van der Waals surface area (Å²) in [5.41, 5.74) is 5.90. The van der Waals surface area contributed by atoms with E-state index in [1.165, 1.54) is 23.0 Å². The van der Waals surface area contributed by atoms with E-state index in [9.17, 15) is 9.18 Å². The van der Waals surface area contributed by atoms with E-state index in [1.54, 1.807) is 31.2 Å². The zero-order valence-corrected chi connectivity index (χ0v) is 17.8. The molecule has 8 heteroatoms. The van der Waals surface area contributed by atoms with Crippen LogP contribution in [0.4, 0.5) is 10.1 Å². The van der Waals surface area contributed by atoms with Gasteiger partial charge in [0, 0.05) is 24.3 Å². The SMILES string of the molecule is CCN(CC)c1ccc(C(=O)N/N=C/c2c(C)nn(-c3ccc(F)cc3)c2Cl)cc1. The number of aromatic nitrogens is 2. The van der Waals surface area contributed by atoms with E-state index in [4.69, 9.17) is 11.6 Å². The zero-order valence-electron chi connectivity index (χ0n) is 17.1. The first-order chi connectivity index (χ1) is 14.4. The van der Waals surface area contributed by atoms with Crippen molar-refractivity contribution >= 4 is 29.4 Å². The fourth-order valence-corrected chi connectivity index (χ4v) is 3.36. The summed E-state index contributed by atoms with van der Waals surface area (Å²) in [7, 11) is 0. The molecule has 0 unspecified atom stereocenters. The molecule has 0 fully saturated rings. The summed E-state index contributed by atoms with van der Waals surface area (Å²) in [5.74, 6) is -0.662. The standard InChI is InChI=1S/C22H23ClFN5O/c1-4-28(5-2)18-10-6-16(7-11-18)22(30)26-25-14-20-15(3)27-29(21(20)23)19-12-8-17(24)9-13-19/h6-14H,4-5H2,1-3H3,(H,26,30)/b25-14+. The van der Waals surface area contributed by atoms with Crippen molar-refractivity contribution in [1.82, 2.24) is 15.2 Å². The Labute approximate surface area is 180 Å². The van der Waals surface area contributed by atoms with Gasteiger partial charge in [0.25, 0.3) is 5.91 Å². The highest BCUT2D eigenvalue weighted by Gasteiger charge is 2.13. The summed E-state index contributed by atoms with van der Waals surface area (Å²) in [6.45, 7) is 7.76. The molecule has 156 valence electrons. The van der Waals surface area contributed by atoms with Gasteiger partial charge in [0.2, 0.25) is 0 Å². The van der Waals surface area contributed by atoms with E-state index in [1.807, 2.05) is 12.1 Å². The number of benzene rings is 2. The normalized spacial score (nSPS) is 11.1. The van der Waals surface area contributed by atoms with Crippen molar-refractivity contribution in [3.05, 3.63) is 76.3 Å². The van der Waals surface area contributed by atoms with Gasteiger partial charge >= 0.3 is 0 Å². The van der Waals surface area contributed by atoms with Gasteiger partial charge in [-0.25, -0.2) is 14.5 Å². The Bertz CT molecular complexity index is 1040. The van der Waals surface area contributed by atoms with Crippen LogP contribution in [0, 0.1) is 12.7 Å². The van der Waals surface area contributed by atoms with Crippen molar-refractivity contribution in [2.75, 3.05) is 18.0 Å². The van der Waals surface area contributed by atoms with Crippen LogP contribution < -0.4 is 10.3 Å². The van der Waals surface area contributed by atoms with Gasteiger partial charge in [-0.05, 0) is 69.3 Å². The second kappa shape index (κ2) is 9.54. The van der Waals surface area contributed by atoms with Crippen molar-refractivity contribution in [3.8, 4) is 5.69 Å². The molecule has 0 saturated carbocycles. The van der Waals surface area contributed by atoms with E-state index in [0.717, 1.165) is 18.8 Å². The molecule has 3 rings (SSSR count). The molecule has 30 heavy (non-hydrogen) atoms. The van der Waals surface area contributed by atoms with Gasteiger partial charge in [-0.3, -0.25) is 4.79 Å². The Hall–Kier alpha value is -3.19. The van der Waals surface area contributed by atoms with Crippen LogP contribution in [0.15, 0.2) is 53.6 Å². The highest BCUT2D eigenvalue weighted by atomic mass is 35.5. The number of hydrazone groups is 1. The third kappa shape index (κ3) is 4.68. The quantitative estimate of drug-likeness (QED) is 0.443. The molecular formula is C22H23ClFN5O. The van der Waals surface area contributed by atoms with Gasteiger partial charge in [0.05, 0.1) is 23.2 Å². The molecular weight excluding hydrogens is 405 g/mol. The first-order valence-corrected chi connectivity index (χ1v) is 10.0. The zero-order chi connectivity index (χ0) is 21.7. The average molecular weight is 428 g/mol. The summed E-state index contributed by atoms with van der Waals surface area (Å²) in [6.07, 6.45) is 1.45. The lowest BCUT2D eigenvalue weighted by Gasteiger charge is -2.20. The predicted molar refractivity (Wildman–Crippen MR) is 118 cm³/mol. The second-order valence-corrected chi connectivity index (χ2v) is 6.95. The van der Waals surface area contributed by atoms with Crippen molar-refractivity contribution in [3.63, 3.8) is 0 Å². The van der Waals surface area contributed by atoms with Crippen LogP contribution in [0.1, 0.15) is 35.5 Å². The summed E-state index contributed by atoms with van der Waals surface area (Å²) in [4.78, 5) is 14.6. The van der Waals surface area contributed by atoms with Crippen LogP contribution in [-0.2, 0) is 0 Å². The van der Waals surface area contributed by atoms with Crippen molar-refractivity contribution in [2.45, 2.75) is 20.8 Å². The number of carbonyl (C=O) groups is 1. The number of nitrogens with zero attached hydrogens (tertiary/aromatic N) is 4. The Morgan fingerprint density at radius 1 is 1.17 bits per heavy atom. The number of anilines is 1. The van der Waals surface area contributed by atoms with Crippen LogP contribution in [-0.4, -0.2) is 35.0 Å². The topological polar surface area (TPSA) is 62.5 Å². The maximum Gasteiger partial charge on any atom is 0.271 e. The molecule has 0 aliphatic heterocycles. The van der Waals surface area contributed by atoms with E-state index in [0.29, 0.717) is 27.7 Å². The maximum absolute atomic E-state index is 13.1. The lowest BCUT2D eigenvalue weighted by Crippen LogP contribution is -2.22. The van der Waals surface area contributed by atoms with E-state index in [-0.39, 0.29) is 11.7 Å². The third-order valence-electron chi connectivity index (χ3n) is 4.74. The Morgan fingerprint density at radius 3 is 2.40 bits per heavy atom. The van der Waals surface area contributed by atoms with Gasteiger partial charge in [-0.2, -0.15) is 10.2 Å². The molecule has 0 bridgehead atoms. The summed E-state index contributed by atoms with van der Waals surface area (Å²) >= 11 is 6.41. The Morgan fingerprint density at radius 2 is 1.80 bits per heavy atom. The number of aryl methyl sites for hydroxylation is 1. The maximum atomic E-state index is 13.1. The van der Waals surface area contributed by atoms with Crippen LogP contribution in [0.3, 0.4) is 0 Å². The minimum absolute atomic E-state index is 0.320. The van der Waals surface area contributed by atoms with Gasteiger partial charge in [-0.15, -0.1) is 0 Å². The second-order valence-electron chi connectivity index (χ2n) is 6.60. The summed E-state index contributed by atoms with van der Waals surface area (Å²) in [6, 6.07) is 13.2. The van der Waals surface area contributed by atoms with Crippen molar-refractivity contribution < 1.29 is 9.18 Å². The molecule has 0 atom stereocenters. The molecule has 1 N–H and O–H groups in total. The first-order valence-electron chi connectivity index (χ1n) is 9.64. The molecule has 0 saturated heterocycles. The van der Waals surface area contributed by atoms with Crippen LogP contribution in [0.2, 0.25) is 5.15 Å². The average Bonchev–Trinajstić information content (AvgIpc) is 3.04. The van der Waals surface area contributed by atoms with Gasteiger partial charge in [-0.1, -0.05) is 11.6 Å². The minimum Gasteiger partial charge on any atom is -0.372 e. The first kappa shape index (κ1) is 21.5. The lowest BCUT2D eigenvalue weighted by molar-refractivity contribution is 0.0955. The van der Waals surface area contributed by atoms with Crippen LogP contribution >= 0.6 is 11.6 Å². The number of rotatable bonds is 7. The van der Waals surface area contributed by atoms with E-state index >= 15 is 0 Å². The summed E-state index contributed by atoms with van der Waals surface area (Å²) < 4.78 is 14.6. The number of nitrogens with one attached hydrogen (secondary N) is 1. The highest BCUT2D eigenvalue weighted by Crippen LogP contribution is 2.22. The monoisotopic (exact) mass is 427 g/mol. The molecule has 1 aromatic heterocycles. The van der Waals surface area contributed by atoms with Gasteiger partial charge < -0.3 is 4.90 Å². The fourth-order valence-electron chi connectivity index (χ4n) is 3.04. The predicted octanol–water partition coefficient (Wildman–Crippen LogP) is 4.58. The van der Waals surface area contributed by atoms with Crippen molar-refractivity contribution in [1.29, 1.82) is 0 Å². The Balaban J connectivity index is 1.71. The molecule has 1 heterocycles. The number of hydrogen-bond acceptors (Lipinski definition) is 4. The molecule has 0 aliphatic rings. The van der Waals surface area contributed by atoms with Crippen LogP contribution in [0.25, 0.3) is 5.69 Å². The van der Waals surface area contributed by atoms with Crippen LogP contribution in [0.5, 0.6) is 0 Å². The molecule has 0 radical (unpaired) electrons. The smallest absolute Gasteiger partial charge is 0.271 e. The largest absolute Gasteiger partial charge is 0.372 e. The molecule has 0 spiro atoms.